The van der Waals surface area contributed by atoms with Gasteiger partial charge in [0.05, 0.1) is 0 Å². The van der Waals surface area contributed by atoms with Crippen molar-refractivity contribution in [3.63, 3.8) is 0 Å². The molecule has 0 bridgehead atoms. The monoisotopic (exact) mass is 330 g/mol. The summed E-state index contributed by atoms with van der Waals surface area (Å²) in [5, 5.41) is 4.40. The quantitative estimate of drug-likeness (QED) is 0.738. The first-order chi connectivity index (χ1) is 8.45. The largest absolute Gasteiger partial charge is 0.662 e. The molecule has 1 radical (unpaired) electrons. The van der Waals surface area contributed by atoms with E-state index in [0.717, 1.165) is 19.0 Å². The fourth-order valence-corrected chi connectivity index (χ4v) is 2.49. The Bertz CT molecular complexity index is 125. The van der Waals surface area contributed by atoms with E-state index in [2.05, 4.69) is 10.2 Å². The standard InChI is InChI=1S/C11H21N2.2C2H6.Y/c1-2-8-13(9-3-1)10-11-4-6-12-7-5-11;2*1-2;/h11H,1-10H2;2*1-2H3;/q-1;;;. The number of likely N-dealkylation sites (tertiary alicyclic amines) is 1. The van der Waals surface area contributed by atoms with Crippen molar-refractivity contribution >= 4 is 0 Å². The van der Waals surface area contributed by atoms with Gasteiger partial charge < -0.3 is 10.2 Å². The average Bonchev–Trinajstić information content (AvgIpc) is 2.45. The van der Waals surface area contributed by atoms with Gasteiger partial charge >= 0.3 is 0 Å². The minimum atomic E-state index is 0. The molecule has 2 heterocycles. The van der Waals surface area contributed by atoms with E-state index < -0.39 is 0 Å². The van der Waals surface area contributed by atoms with E-state index >= 15 is 0 Å². The molecule has 2 nitrogen and oxygen atoms in total. The van der Waals surface area contributed by atoms with Crippen molar-refractivity contribution in [2.75, 3.05) is 32.7 Å². The molecule has 3 heteroatoms. The van der Waals surface area contributed by atoms with Crippen LogP contribution in [0, 0.1) is 5.92 Å². The predicted octanol–water partition coefficient (Wildman–Crippen LogP) is 4.31. The van der Waals surface area contributed by atoms with Crippen molar-refractivity contribution in [3.05, 3.63) is 5.32 Å². The second kappa shape index (κ2) is 16.1. The molecule has 0 saturated carbocycles. The first-order valence-electron chi connectivity index (χ1n) is 7.81. The molecule has 2 aliphatic rings. The molecule has 0 aliphatic carbocycles. The Morgan fingerprint density at radius 2 is 1.39 bits per heavy atom. The zero-order valence-corrected chi connectivity index (χ0v) is 16.0. The van der Waals surface area contributed by atoms with Crippen LogP contribution in [0.25, 0.3) is 5.32 Å². The maximum Gasteiger partial charge on any atom is 0.000842 e. The predicted molar refractivity (Wildman–Crippen MR) is 78.8 cm³/mol. The maximum atomic E-state index is 4.40. The smallest absolute Gasteiger partial charge is 0.000842 e. The van der Waals surface area contributed by atoms with Gasteiger partial charge in [-0.05, 0) is 31.8 Å². The molecule has 107 valence electrons. The van der Waals surface area contributed by atoms with Crippen molar-refractivity contribution in [3.8, 4) is 0 Å². The van der Waals surface area contributed by atoms with Crippen LogP contribution in [0.1, 0.15) is 59.8 Å². The van der Waals surface area contributed by atoms with Crippen molar-refractivity contribution < 1.29 is 32.7 Å². The molecular formula is C15H33N2Y-. The van der Waals surface area contributed by atoms with E-state index in [0.29, 0.717) is 0 Å². The van der Waals surface area contributed by atoms with Gasteiger partial charge in [0.15, 0.2) is 0 Å². The normalized spacial score (nSPS) is 20.7. The molecule has 0 amide bonds. The Balaban J connectivity index is 0. The van der Waals surface area contributed by atoms with Gasteiger partial charge in [-0.15, -0.1) is 13.1 Å². The Labute approximate surface area is 141 Å². The van der Waals surface area contributed by atoms with Crippen molar-refractivity contribution in [1.82, 2.24) is 4.90 Å². The number of hydrogen-bond acceptors (Lipinski definition) is 1. The zero-order valence-electron chi connectivity index (χ0n) is 13.1. The zero-order chi connectivity index (χ0) is 12.9. The van der Waals surface area contributed by atoms with Gasteiger partial charge in [-0.1, -0.05) is 47.0 Å². The van der Waals surface area contributed by atoms with Crippen LogP contribution in [0.2, 0.25) is 0 Å². The molecule has 0 aromatic rings. The van der Waals surface area contributed by atoms with E-state index in [9.17, 15) is 0 Å². The van der Waals surface area contributed by atoms with Gasteiger partial charge in [0, 0.05) is 39.3 Å². The molecule has 0 spiro atoms. The minimum absolute atomic E-state index is 0. The van der Waals surface area contributed by atoms with Crippen molar-refractivity contribution in [2.24, 2.45) is 5.92 Å². The van der Waals surface area contributed by atoms with E-state index in [1.165, 1.54) is 51.7 Å². The molecule has 18 heavy (non-hydrogen) atoms. The van der Waals surface area contributed by atoms with Crippen molar-refractivity contribution in [1.29, 1.82) is 0 Å². The first kappa shape index (κ1) is 21.3. The van der Waals surface area contributed by atoms with Gasteiger partial charge in [-0.25, -0.2) is 0 Å². The van der Waals surface area contributed by atoms with Gasteiger partial charge in [0.25, 0.3) is 0 Å². The van der Waals surface area contributed by atoms with Gasteiger partial charge in [-0.2, -0.15) is 0 Å². The summed E-state index contributed by atoms with van der Waals surface area (Å²) in [7, 11) is 0. The third-order valence-corrected chi connectivity index (χ3v) is 3.36. The summed E-state index contributed by atoms with van der Waals surface area (Å²) in [6.07, 6.45) is 7.00. The molecule has 2 saturated heterocycles. The fraction of sp³-hybridized carbons (Fsp3) is 1.00. The first-order valence-corrected chi connectivity index (χ1v) is 7.81. The van der Waals surface area contributed by atoms with Crippen LogP contribution in [-0.2, 0) is 32.7 Å². The second-order valence-electron chi connectivity index (χ2n) is 4.48. The molecule has 0 atom stereocenters. The summed E-state index contributed by atoms with van der Waals surface area (Å²) in [5.41, 5.74) is 0. The Morgan fingerprint density at radius 3 is 1.89 bits per heavy atom. The van der Waals surface area contributed by atoms with Crippen LogP contribution in [0.5, 0.6) is 0 Å². The van der Waals surface area contributed by atoms with Crippen molar-refractivity contribution in [2.45, 2.75) is 59.8 Å². The Hall–Kier alpha value is 1.02. The van der Waals surface area contributed by atoms with E-state index in [1.54, 1.807) is 0 Å². The van der Waals surface area contributed by atoms with Gasteiger partial charge in [0.2, 0.25) is 0 Å². The number of rotatable bonds is 2. The number of nitrogens with zero attached hydrogens (tertiary/aromatic N) is 2. The summed E-state index contributed by atoms with van der Waals surface area (Å²) in [6.45, 7) is 14.3. The second-order valence-corrected chi connectivity index (χ2v) is 4.48. The number of piperidine rings is 2. The Kier molecular flexibility index (Phi) is 19.0. The molecule has 0 unspecified atom stereocenters. The molecule has 0 aromatic carbocycles. The van der Waals surface area contributed by atoms with Gasteiger partial charge in [-0.3, -0.25) is 0 Å². The molecule has 2 rings (SSSR count). The van der Waals surface area contributed by atoms with E-state index in [1.807, 2.05) is 27.7 Å². The third-order valence-electron chi connectivity index (χ3n) is 3.36. The van der Waals surface area contributed by atoms with Crippen LogP contribution < -0.4 is 0 Å². The van der Waals surface area contributed by atoms with Crippen LogP contribution in [0.15, 0.2) is 0 Å². The summed E-state index contributed by atoms with van der Waals surface area (Å²) in [4.78, 5) is 2.67. The number of hydrogen-bond donors (Lipinski definition) is 0. The summed E-state index contributed by atoms with van der Waals surface area (Å²) in [5.74, 6) is 0.954. The van der Waals surface area contributed by atoms with Crippen LogP contribution >= 0.6 is 0 Å². The fourth-order valence-electron chi connectivity index (χ4n) is 2.49. The maximum absolute atomic E-state index is 4.40. The van der Waals surface area contributed by atoms with Crippen LogP contribution in [0.4, 0.5) is 0 Å². The van der Waals surface area contributed by atoms with Crippen LogP contribution in [-0.4, -0.2) is 37.6 Å². The minimum Gasteiger partial charge on any atom is -0.662 e. The Morgan fingerprint density at radius 1 is 0.889 bits per heavy atom. The van der Waals surface area contributed by atoms with E-state index in [4.69, 9.17) is 0 Å². The third kappa shape index (κ3) is 9.89. The molecule has 0 N–H and O–H groups in total. The molecular weight excluding hydrogens is 297 g/mol. The molecule has 2 aliphatic heterocycles. The topological polar surface area (TPSA) is 17.3 Å². The average molecular weight is 330 g/mol. The SMILES string of the molecule is C1CCN(CC2CC[N-]CC2)CC1.CC.CC.[Y]. The van der Waals surface area contributed by atoms with Gasteiger partial charge in [0.1, 0.15) is 0 Å². The summed E-state index contributed by atoms with van der Waals surface area (Å²) < 4.78 is 0. The van der Waals surface area contributed by atoms with Crippen LogP contribution in [0.3, 0.4) is 0 Å². The molecule has 0 aromatic heterocycles. The van der Waals surface area contributed by atoms with E-state index in [-0.39, 0.29) is 32.7 Å². The summed E-state index contributed by atoms with van der Waals surface area (Å²) in [6, 6.07) is 0. The summed E-state index contributed by atoms with van der Waals surface area (Å²) >= 11 is 0. The molecule has 2 fully saturated rings.